The lowest BCUT2D eigenvalue weighted by atomic mass is 10.1. The van der Waals surface area contributed by atoms with Gasteiger partial charge in [0.15, 0.2) is 0 Å². The number of rotatable bonds is 3. The minimum Gasteiger partial charge on any atom is -0.389 e. The first-order valence-electron chi connectivity index (χ1n) is 6.49. The van der Waals surface area contributed by atoms with E-state index in [4.69, 9.17) is 29.6 Å². The van der Waals surface area contributed by atoms with Crippen molar-refractivity contribution in [2.75, 3.05) is 5.32 Å². The SMILES string of the molecule is NC(=S)c1cc(Cl)ccc1Nc1cccc2ccccc12. The Kier molecular flexibility index (Phi) is 3.78. The number of anilines is 2. The molecule has 0 radical (unpaired) electrons. The van der Waals surface area contributed by atoms with Crippen molar-refractivity contribution in [2.24, 2.45) is 5.73 Å². The predicted molar refractivity (Wildman–Crippen MR) is 94.6 cm³/mol. The van der Waals surface area contributed by atoms with Gasteiger partial charge >= 0.3 is 0 Å². The fraction of sp³-hybridized carbons (Fsp3) is 0. The fourth-order valence-electron chi connectivity index (χ4n) is 2.31. The van der Waals surface area contributed by atoms with Crippen molar-refractivity contribution in [3.05, 3.63) is 71.2 Å². The Labute approximate surface area is 133 Å². The van der Waals surface area contributed by atoms with E-state index in [9.17, 15) is 0 Å². The Morgan fingerprint density at radius 3 is 2.52 bits per heavy atom. The molecule has 0 amide bonds. The summed E-state index contributed by atoms with van der Waals surface area (Å²) in [5.41, 5.74) is 8.38. The second-order valence-electron chi connectivity index (χ2n) is 4.71. The van der Waals surface area contributed by atoms with Gasteiger partial charge in [0.2, 0.25) is 0 Å². The molecule has 0 unspecified atom stereocenters. The standard InChI is InChI=1S/C17H13ClN2S/c18-12-8-9-16(14(10-12)17(19)21)20-15-7-3-5-11-4-1-2-6-13(11)15/h1-10,20H,(H2,19,21). The molecule has 0 atom stereocenters. The van der Waals surface area contributed by atoms with Crippen molar-refractivity contribution in [1.82, 2.24) is 0 Å². The lowest BCUT2D eigenvalue weighted by molar-refractivity contribution is 1.54. The summed E-state index contributed by atoms with van der Waals surface area (Å²) >= 11 is 11.1. The third-order valence-electron chi connectivity index (χ3n) is 3.31. The molecule has 0 aliphatic carbocycles. The maximum absolute atomic E-state index is 6.02. The van der Waals surface area contributed by atoms with Gasteiger partial charge in [-0.05, 0) is 29.7 Å². The lowest BCUT2D eigenvalue weighted by Gasteiger charge is -2.13. The Balaban J connectivity index is 2.09. The number of nitrogens with one attached hydrogen (secondary N) is 1. The van der Waals surface area contributed by atoms with E-state index in [1.807, 2.05) is 36.4 Å². The van der Waals surface area contributed by atoms with Gasteiger partial charge in [-0.3, -0.25) is 0 Å². The van der Waals surface area contributed by atoms with Crippen molar-refractivity contribution in [2.45, 2.75) is 0 Å². The van der Waals surface area contributed by atoms with Gasteiger partial charge < -0.3 is 11.1 Å². The second kappa shape index (κ2) is 5.72. The molecule has 3 aromatic carbocycles. The molecule has 21 heavy (non-hydrogen) atoms. The van der Waals surface area contributed by atoms with E-state index in [0.29, 0.717) is 10.0 Å². The summed E-state index contributed by atoms with van der Waals surface area (Å²) in [6.07, 6.45) is 0. The Morgan fingerprint density at radius 2 is 1.71 bits per heavy atom. The predicted octanol–water partition coefficient (Wildman–Crippen LogP) is 4.87. The van der Waals surface area contributed by atoms with Crippen molar-refractivity contribution in [3.8, 4) is 0 Å². The molecular weight excluding hydrogens is 300 g/mol. The van der Waals surface area contributed by atoms with Gasteiger partial charge in [-0.1, -0.05) is 60.2 Å². The summed E-state index contributed by atoms with van der Waals surface area (Å²) < 4.78 is 0. The first-order chi connectivity index (χ1) is 10.1. The lowest BCUT2D eigenvalue weighted by Crippen LogP contribution is -2.12. The highest BCUT2D eigenvalue weighted by atomic mass is 35.5. The zero-order valence-corrected chi connectivity index (χ0v) is 12.7. The van der Waals surface area contributed by atoms with E-state index >= 15 is 0 Å². The maximum Gasteiger partial charge on any atom is 0.106 e. The van der Waals surface area contributed by atoms with E-state index in [1.54, 1.807) is 6.07 Å². The number of benzene rings is 3. The van der Waals surface area contributed by atoms with Crippen LogP contribution >= 0.6 is 23.8 Å². The van der Waals surface area contributed by atoms with Crippen LogP contribution in [-0.2, 0) is 0 Å². The molecular formula is C17H13ClN2S. The first kappa shape index (κ1) is 13.9. The largest absolute Gasteiger partial charge is 0.389 e. The summed E-state index contributed by atoms with van der Waals surface area (Å²) in [5.74, 6) is 0. The molecule has 0 aromatic heterocycles. The zero-order valence-electron chi connectivity index (χ0n) is 11.1. The second-order valence-corrected chi connectivity index (χ2v) is 5.58. The van der Waals surface area contributed by atoms with E-state index in [2.05, 4.69) is 23.5 Å². The molecule has 3 rings (SSSR count). The van der Waals surface area contributed by atoms with Crippen LogP contribution in [0, 0.1) is 0 Å². The van der Waals surface area contributed by atoms with Gasteiger partial charge in [0.1, 0.15) is 4.99 Å². The van der Waals surface area contributed by atoms with Crippen LogP contribution < -0.4 is 11.1 Å². The molecule has 104 valence electrons. The van der Waals surface area contributed by atoms with Gasteiger partial charge in [-0.25, -0.2) is 0 Å². The molecule has 0 fully saturated rings. The zero-order chi connectivity index (χ0) is 14.8. The van der Waals surface area contributed by atoms with E-state index in [1.165, 1.54) is 5.39 Å². The average Bonchev–Trinajstić information content (AvgIpc) is 2.49. The van der Waals surface area contributed by atoms with Crippen LogP contribution in [0.3, 0.4) is 0 Å². The molecule has 0 saturated heterocycles. The highest BCUT2D eigenvalue weighted by Gasteiger charge is 2.08. The Hall–Kier alpha value is -2.10. The highest BCUT2D eigenvalue weighted by Crippen LogP contribution is 2.29. The fourth-order valence-corrected chi connectivity index (χ4v) is 2.65. The number of hydrogen-bond acceptors (Lipinski definition) is 2. The summed E-state index contributed by atoms with van der Waals surface area (Å²) in [7, 11) is 0. The number of halogens is 1. The smallest absolute Gasteiger partial charge is 0.106 e. The van der Waals surface area contributed by atoms with Crippen LogP contribution in [0.25, 0.3) is 10.8 Å². The van der Waals surface area contributed by atoms with Crippen LogP contribution in [0.4, 0.5) is 11.4 Å². The van der Waals surface area contributed by atoms with Gasteiger partial charge in [0.25, 0.3) is 0 Å². The molecule has 0 bridgehead atoms. The van der Waals surface area contributed by atoms with E-state index < -0.39 is 0 Å². The van der Waals surface area contributed by atoms with Crippen LogP contribution in [0.5, 0.6) is 0 Å². The molecule has 4 heteroatoms. The summed E-state index contributed by atoms with van der Waals surface area (Å²) in [5, 5.41) is 6.33. The van der Waals surface area contributed by atoms with Crippen LogP contribution in [0.15, 0.2) is 60.7 Å². The highest BCUT2D eigenvalue weighted by molar-refractivity contribution is 7.80. The van der Waals surface area contributed by atoms with Crippen LogP contribution in [-0.4, -0.2) is 4.99 Å². The van der Waals surface area contributed by atoms with Crippen LogP contribution in [0.2, 0.25) is 5.02 Å². The molecule has 0 aliphatic heterocycles. The maximum atomic E-state index is 6.02. The topological polar surface area (TPSA) is 38.0 Å². The van der Waals surface area contributed by atoms with E-state index in [-0.39, 0.29) is 0 Å². The molecule has 0 aliphatic rings. The summed E-state index contributed by atoms with van der Waals surface area (Å²) in [6.45, 7) is 0. The number of nitrogens with two attached hydrogens (primary N) is 1. The van der Waals surface area contributed by atoms with Gasteiger partial charge in [-0.15, -0.1) is 0 Å². The Bertz CT molecular complexity index is 825. The molecule has 3 aromatic rings. The minimum absolute atomic E-state index is 0.320. The van der Waals surface area contributed by atoms with E-state index in [0.717, 1.165) is 22.3 Å². The number of hydrogen-bond donors (Lipinski definition) is 2. The van der Waals surface area contributed by atoms with Gasteiger partial charge in [-0.2, -0.15) is 0 Å². The monoisotopic (exact) mass is 312 g/mol. The Morgan fingerprint density at radius 1 is 0.952 bits per heavy atom. The minimum atomic E-state index is 0.320. The summed E-state index contributed by atoms with van der Waals surface area (Å²) in [4.78, 5) is 0.320. The van der Waals surface area contributed by atoms with Crippen molar-refractivity contribution >= 4 is 51.0 Å². The third kappa shape index (κ3) is 2.84. The van der Waals surface area contributed by atoms with Crippen LogP contribution in [0.1, 0.15) is 5.56 Å². The summed E-state index contributed by atoms with van der Waals surface area (Å²) in [6, 6.07) is 19.8. The number of thiocarbonyl (C=S) groups is 1. The quantitative estimate of drug-likeness (QED) is 0.677. The molecule has 2 nitrogen and oxygen atoms in total. The molecule has 0 spiro atoms. The normalized spacial score (nSPS) is 10.5. The van der Waals surface area contributed by atoms with Gasteiger partial charge in [0, 0.05) is 27.3 Å². The average molecular weight is 313 g/mol. The van der Waals surface area contributed by atoms with Crippen molar-refractivity contribution in [3.63, 3.8) is 0 Å². The molecule has 0 saturated carbocycles. The third-order valence-corrected chi connectivity index (χ3v) is 3.76. The first-order valence-corrected chi connectivity index (χ1v) is 7.28. The van der Waals surface area contributed by atoms with Gasteiger partial charge in [0.05, 0.1) is 0 Å². The molecule has 3 N–H and O–H groups in total. The molecule has 0 heterocycles. The van der Waals surface area contributed by atoms with Crippen molar-refractivity contribution in [1.29, 1.82) is 0 Å². The number of fused-ring (bicyclic) bond motifs is 1. The van der Waals surface area contributed by atoms with Crippen molar-refractivity contribution < 1.29 is 0 Å².